The molecule has 2 aliphatic rings. The summed E-state index contributed by atoms with van der Waals surface area (Å²) >= 11 is 0. The average Bonchev–Trinajstić information content (AvgIpc) is 2.84. The van der Waals surface area contributed by atoms with E-state index in [4.69, 9.17) is 9.15 Å². The van der Waals surface area contributed by atoms with E-state index in [1.165, 1.54) is 48.8 Å². The van der Waals surface area contributed by atoms with Crippen molar-refractivity contribution in [2.24, 2.45) is 5.41 Å². The summed E-state index contributed by atoms with van der Waals surface area (Å²) in [7, 11) is 1.73. The van der Waals surface area contributed by atoms with Crippen molar-refractivity contribution in [2.75, 3.05) is 7.11 Å². The zero-order chi connectivity index (χ0) is 16.2. The number of ether oxygens (including phenoxy) is 1. The SMILES string of the molecule is COc1ccc2oc3c(c2c1)C1=C(CC[C@@H]3C)C(C)(C)CCC1. The summed E-state index contributed by atoms with van der Waals surface area (Å²) in [5.41, 5.74) is 5.93. The van der Waals surface area contributed by atoms with E-state index in [0.717, 1.165) is 11.3 Å². The fraction of sp³-hybridized carbons (Fsp3) is 0.524. The van der Waals surface area contributed by atoms with Gasteiger partial charge in [0.25, 0.3) is 0 Å². The smallest absolute Gasteiger partial charge is 0.135 e. The first-order chi connectivity index (χ1) is 11.0. The molecule has 2 aliphatic carbocycles. The minimum Gasteiger partial charge on any atom is -0.497 e. The highest BCUT2D eigenvalue weighted by molar-refractivity contribution is 5.95. The van der Waals surface area contributed by atoms with E-state index in [1.54, 1.807) is 18.3 Å². The van der Waals surface area contributed by atoms with Crippen LogP contribution in [0.15, 0.2) is 28.2 Å². The third-order valence-electron chi connectivity index (χ3n) is 5.91. The zero-order valence-corrected chi connectivity index (χ0v) is 14.7. The van der Waals surface area contributed by atoms with Crippen LogP contribution in [0.5, 0.6) is 5.75 Å². The Morgan fingerprint density at radius 1 is 1.22 bits per heavy atom. The first kappa shape index (κ1) is 14.9. The third-order valence-corrected chi connectivity index (χ3v) is 5.91. The Kier molecular flexibility index (Phi) is 3.33. The molecule has 23 heavy (non-hydrogen) atoms. The number of methoxy groups -OCH3 is 1. The van der Waals surface area contributed by atoms with Gasteiger partial charge in [-0.05, 0) is 61.3 Å². The predicted molar refractivity (Wildman–Crippen MR) is 95.0 cm³/mol. The van der Waals surface area contributed by atoms with Gasteiger partial charge < -0.3 is 9.15 Å². The minimum absolute atomic E-state index is 0.317. The van der Waals surface area contributed by atoms with Gasteiger partial charge in [0.05, 0.1) is 7.11 Å². The molecule has 0 bridgehead atoms. The van der Waals surface area contributed by atoms with Gasteiger partial charge in [0.1, 0.15) is 17.1 Å². The van der Waals surface area contributed by atoms with Crippen LogP contribution in [-0.4, -0.2) is 7.11 Å². The summed E-state index contributed by atoms with van der Waals surface area (Å²) in [6, 6.07) is 6.21. The van der Waals surface area contributed by atoms with E-state index in [1.807, 2.05) is 6.07 Å². The van der Waals surface area contributed by atoms with Crippen molar-refractivity contribution >= 4 is 16.5 Å². The molecule has 0 saturated carbocycles. The quantitative estimate of drug-likeness (QED) is 0.616. The van der Waals surface area contributed by atoms with Crippen LogP contribution in [0.1, 0.15) is 70.1 Å². The summed E-state index contributed by atoms with van der Waals surface area (Å²) in [6.07, 6.45) is 6.15. The molecule has 1 aromatic carbocycles. The number of furan rings is 1. The normalized spacial score (nSPS) is 23.4. The largest absolute Gasteiger partial charge is 0.497 e. The van der Waals surface area contributed by atoms with E-state index in [9.17, 15) is 0 Å². The molecule has 0 amide bonds. The molecule has 0 aliphatic heterocycles. The highest BCUT2D eigenvalue weighted by atomic mass is 16.5. The molecular weight excluding hydrogens is 284 g/mol. The summed E-state index contributed by atoms with van der Waals surface area (Å²) in [5.74, 6) is 2.58. The molecule has 0 radical (unpaired) electrons. The second-order valence-electron chi connectivity index (χ2n) is 7.84. The molecule has 1 aromatic heterocycles. The molecule has 2 aromatic rings. The number of hydrogen-bond donors (Lipinski definition) is 0. The molecule has 0 fully saturated rings. The van der Waals surface area contributed by atoms with E-state index < -0.39 is 0 Å². The fourth-order valence-electron chi connectivity index (χ4n) is 4.56. The summed E-state index contributed by atoms with van der Waals surface area (Å²) < 4.78 is 11.8. The molecule has 0 saturated heterocycles. The van der Waals surface area contributed by atoms with E-state index in [-0.39, 0.29) is 0 Å². The number of allylic oxidation sites excluding steroid dienone is 2. The van der Waals surface area contributed by atoms with Crippen LogP contribution in [0.3, 0.4) is 0 Å². The maximum Gasteiger partial charge on any atom is 0.135 e. The Morgan fingerprint density at radius 3 is 2.83 bits per heavy atom. The Morgan fingerprint density at radius 2 is 2.04 bits per heavy atom. The van der Waals surface area contributed by atoms with E-state index in [0.29, 0.717) is 11.3 Å². The number of fused-ring (bicyclic) bond motifs is 4. The Labute approximate surface area is 138 Å². The van der Waals surface area contributed by atoms with E-state index in [2.05, 4.69) is 32.9 Å². The fourth-order valence-corrected chi connectivity index (χ4v) is 4.56. The van der Waals surface area contributed by atoms with Crippen molar-refractivity contribution < 1.29 is 9.15 Å². The lowest BCUT2D eigenvalue weighted by atomic mass is 9.70. The third kappa shape index (κ3) is 2.22. The zero-order valence-electron chi connectivity index (χ0n) is 14.7. The lowest BCUT2D eigenvalue weighted by Crippen LogP contribution is -2.20. The molecule has 1 atom stereocenters. The lowest BCUT2D eigenvalue weighted by molar-refractivity contribution is 0.364. The number of benzene rings is 1. The van der Waals surface area contributed by atoms with Crippen LogP contribution in [0.2, 0.25) is 0 Å². The standard InChI is InChI=1S/C21H26O2/c1-13-7-9-17-15(6-5-11-21(17,2)3)19-16-12-14(22-4)8-10-18(16)23-20(13)19/h8,10,12-13H,5-7,9,11H2,1-4H3/t13-/m0/s1. The molecule has 4 rings (SSSR count). The van der Waals surface area contributed by atoms with Crippen molar-refractivity contribution in [1.29, 1.82) is 0 Å². The highest BCUT2D eigenvalue weighted by Crippen LogP contribution is 2.52. The monoisotopic (exact) mass is 310 g/mol. The van der Waals surface area contributed by atoms with Gasteiger partial charge in [-0.15, -0.1) is 0 Å². The second kappa shape index (κ2) is 5.15. The Bertz CT molecular complexity index is 792. The van der Waals surface area contributed by atoms with Crippen molar-refractivity contribution in [2.45, 2.75) is 58.8 Å². The van der Waals surface area contributed by atoms with Gasteiger partial charge >= 0.3 is 0 Å². The van der Waals surface area contributed by atoms with Crippen LogP contribution in [0.25, 0.3) is 16.5 Å². The van der Waals surface area contributed by atoms with Gasteiger partial charge in [0, 0.05) is 16.9 Å². The molecular formula is C21H26O2. The molecule has 0 spiro atoms. The predicted octanol–water partition coefficient (Wildman–Crippen LogP) is 6.30. The molecule has 122 valence electrons. The Hall–Kier alpha value is -1.70. The molecule has 2 heteroatoms. The summed E-state index contributed by atoms with van der Waals surface area (Å²) in [6.45, 7) is 7.14. The van der Waals surface area contributed by atoms with Crippen LogP contribution < -0.4 is 4.74 Å². The van der Waals surface area contributed by atoms with Crippen molar-refractivity contribution in [3.8, 4) is 5.75 Å². The Balaban J connectivity index is 2.04. The molecule has 0 unspecified atom stereocenters. The van der Waals surface area contributed by atoms with Crippen LogP contribution in [0, 0.1) is 5.41 Å². The average molecular weight is 310 g/mol. The van der Waals surface area contributed by atoms with E-state index >= 15 is 0 Å². The molecule has 1 heterocycles. The number of rotatable bonds is 1. The maximum atomic E-state index is 6.31. The van der Waals surface area contributed by atoms with Crippen molar-refractivity contribution in [1.82, 2.24) is 0 Å². The minimum atomic E-state index is 0.317. The van der Waals surface area contributed by atoms with Crippen LogP contribution in [0.4, 0.5) is 0 Å². The highest BCUT2D eigenvalue weighted by Gasteiger charge is 2.35. The van der Waals surface area contributed by atoms with Gasteiger partial charge in [-0.1, -0.05) is 26.3 Å². The number of hydrogen-bond acceptors (Lipinski definition) is 2. The van der Waals surface area contributed by atoms with Crippen molar-refractivity contribution in [3.05, 3.63) is 35.1 Å². The van der Waals surface area contributed by atoms with Gasteiger partial charge in [0.15, 0.2) is 0 Å². The topological polar surface area (TPSA) is 22.4 Å². The first-order valence-corrected chi connectivity index (χ1v) is 8.84. The van der Waals surface area contributed by atoms with Crippen molar-refractivity contribution in [3.63, 3.8) is 0 Å². The first-order valence-electron chi connectivity index (χ1n) is 8.84. The lowest BCUT2D eigenvalue weighted by Gasteiger charge is -2.35. The van der Waals surface area contributed by atoms with Gasteiger partial charge in [0.2, 0.25) is 0 Å². The summed E-state index contributed by atoms with van der Waals surface area (Å²) in [4.78, 5) is 0. The van der Waals surface area contributed by atoms with Crippen LogP contribution >= 0.6 is 0 Å². The second-order valence-corrected chi connectivity index (χ2v) is 7.84. The van der Waals surface area contributed by atoms with Crippen LogP contribution in [-0.2, 0) is 0 Å². The molecule has 0 N–H and O–H groups in total. The van der Waals surface area contributed by atoms with Gasteiger partial charge in [-0.25, -0.2) is 0 Å². The van der Waals surface area contributed by atoms with Gasteiger partial charge in [-0.2, -0.15) is 0 Å². The molecule has 2 nitrogen and oxygen atoms in total. The summed E-state index contributed by atoms with van der Waals surface area (Å²) in [5, 5.41) is 1.23. The van der Waals surface area contributed by atoms with Gasteiger partial charge in [-0.3, -0.25) is 0 Å². The maximum absolute atomic E-state index is 6.31.